The summed E-state index contributed by atoms with van der Waals surface area (Å²) in [6.07, 6.45) is 5.02. The van der Waals surface area contributed by atoms with E-state index in [9.17, 15) is 4.79 Å². The van der Waals surface area contributed by atoms with Crippen LogP contribution in [-0.2, 0) is 0 Å². The Balaban J connectivity index is 1.29. The number of nitrogens with zero attached hydrogens (tertiary/aromatic N) is 5. The number of carbonyl (C=O) groups excluding carboxylic acids is 1. The van der Waals surface area contributed by atoms with E-state index in [-0.39, 0.29) is 12.0 Å². The van der Waals surface area contributed by atoms with Gasteiger partial charge < -0.3 is 14.4 Å². The minimum Gasteiger partial charge on any atom is -0.494 e. The number of hydrogen-bond donors (Lipinski definition) is 0. The zero-order valence-corrected chi connectivity index (χ0v) is 16.3. The first kappa shape index (κ1) is 18.9. The highest BCUT2D eigenvalue weighted by Crippen LogP contribution is 2.20. The summed E-state index contributed by atoms with van der Waals surface area (Å²) in [6, 6.07) is 12.7. The fraction of sp³-hybridized carbons (Fsp3) is 0.333. The van der Waals surface area contributed by atoms with Crippen LogP contribution in [0.15, 0.2) is 54.9 Å². The second-order valence-corrected chi connectivity index (χ2v) is 6.75. The van der Waals surface area contributed by atoms with Crippen LogP contribution in [0.25, 0.3) is 5.82 Å². The molecule has 150 valence electrons. The zero-order valence-electron chi connectivity index (χ0n) is 16.3. The van der Waals surface area contributed by atoms with Crippen molar-refractivity contribution in [2.24, 2.45) is 0 Å². The van der Waals surface area contributed by atoms with E-state index in [1.807, 2.05) is 54.4 Å². The summed E-state index contributed by atoms with van der Waals surface area (Å²) in [7, 11) is 0. The van der Waals surface area contributed by atoms with Gasteiger partial charge in [-0.05, 0) is 43.3 Å². The van der Waals surface area contributed by atoms with E-state index in [1.165, 1.54) is 0 Å². The van der Waals surface area contributed by atoms with E-state index in [1.54, 1.807) is 16.9 Å². The summed E-state index contributed by atoms with van der Waals surface area (Å²) in [6.45, 7) is 3.84. The number of rotatable bonds is 6. The highest BCUT2D eigenvalue weighted by molar-refractivity contribution is 5.94. The van der Waals surface area contributed by atoms with E-state index in [4.69, 9.17) is 9.47 Å². The van der Waals surface area contributed by atoms with Crippen LogP contribution in [0.1, 0.15) is 30.1 Å². The van der Waals surface area contributed by atoms with Crippen LogP contribution in [0.5, 0.6) is 11.6 Å². The number of ether oxygens (including phenoxy) is 2. The number of likely N-dealkylation sites (tertiary alicyclic amines) is 1. The third-order valence-electron chi connectivity index (χ3n) is 4.79. The van der Waals surface area contributed by atoms with Crippen LogP contribution in [0.2, 0.25) is 0 Å². The van der Waals surface area contributed by atoms with Crippen molar-refractivity contribution in [3.8, 4) is 17.4 Å². The largest absolute Gasteiger partial charge is 0.494 e. The third kappa shape index (κ3) is 4.53. The molecular formula is C21H23N5O3. The Bertz CT molecular complexity index is 918. The van der Waals surface area contributed by atoms with Crippen molar-refractivity contribution in [3.63, 3.8) is 0 Å². The minimum absolute atomic E-state index is 0.0178. The van der Waals surface area contributed by atoms with Gasteiger partial charge >= 0.3 is 0 Å². The van der Waals surface area contributed by atoms with Crippen LogP contribution >= 0.6 is 0 Å². The molecule has 29 heavy (non-hydrogen) atoms. The molecule has 8 nitrogen and oxygen atoms in total. The van der Waals surface area contributed by atoms with Gasteiger partial charge in [-0.3, -0.25) is 4.79 Å². The zero-order chi connectivity index (χ0) is 20.1. The Morgan fingerprint density at radius 3 is 2.52 bits per heavy atom. The molecule has 0 bridgehead atoms. The van der Waals surface area contributed by atoms with Gasteiger partial charge in [0.25, 0.3) is 5.91 Å². The molecule has 0 aliphatic carbocycles. The van der Waals surface area contributed by atoms with Crippen LogP contribution in [0.4, 0.5) is 0 Å². The molecule has 1 saturated heterocycles. The lowest BCUT2D eigenvalue weighted by atomic mass is 10.1. The summed E-state index contributed by atoms with van der Waals surface area (Å²) < 4.78 is 13.0. The van der Waals surface area contributed by atoms with Gasteiger partial charge in [0.2, 0.25) is 5.88 Å². The van der Waals surface area contributed by atoms with Gasteiger partial charge in [-0.1, -0.05) is 0 Å². The fourth-order valence-electron chi connectivity index (χ4n) is 3.29. The van der Waals surface area contributed by atoms with E-state index in [0.29, 0.717) is 37.0 Å². The lowest BCUT2D eigenvalue weighted by Crippen LogP contribution is -2.41. The van der Waals surface area contributed by atoms with Crippen molar-refractivity contribution >= 4 is 5.91 Å². The van der Waals surface area contributed by atoms with Gasteiger partial charge in [0, 0.05) is 50.0 Å². The molecule has 0 radical (unpaired) electrons. The maximum atomic E-state index is 12.7. The Kier molecular flexibility index (Phi) is 5.69. The molecule has 1 aliphatic heterocycles. The second kappa shape index (κ2) is 8.72. The van der Waals surface area contributed by atoms with E-state index < -0.39 is 0 Å². The average Bonchev–Trinajstić information content (AvgIpc) is 3.30. The van der Waals surface area contributed by atoms with Gasteiger partial charge in [-0.2, -0.15) is 5.10 Å². The second-order valence-electron chi connectivity index (χ2n) is 6.75. The van der Waals surface area contributed by atoms with Crippen LogP contribution in [0.3, 0.4) is 0 Å². The molecule has 8 heteroatoms. The van der Waals surface area contributed by atoms with E-state index in [0.717, 1.165) is 18.6 Å². The normalized spacial score (nSPS) is 14.6. The first-order valence-corrected chi connectivity index (χ1v) is 9.75. The van der Waals surface area contributed by atoms with Crippen molar-refractivity contribution in [1.82, 2.24) is 24.9 Å². The maximum absolute atomic E-state index is 12.7. The van der Waals surface area contributed by atoms with Gasteiger partial charge in [0.05, 0.1) is 6.61 Å². The van der Waals surface area contributed by atoms with Crippen molar-refractivity contribution in [1.29, 1.82) is 0 Å². The molecule has 4 rings (SSSR count). The lowest BCUT2D eigenvalue weighted by molar-refractivity contribution is 0.0586. The Hall–Kier alpha value is -3.42. The summed E-state index contributed by atoms with van der Waals surface area (Å²) in [5.74, 6) is 1.93. The van der Waals surface area contributed by atoms with E-state index in [2.05, 4.69) is 15.3 Å². The summed E-state index contributed by atoms with van der Waals surface area (Å²) in [5.41, 5.74) is 0.674. The molecule has 0 saturated carbocycles. The smallest absolute Gasteiger partial charge is 0.253 e. The van der Waals surface area contributed by atoms with Crippen LogP contribution < -0.4 is 9.47 Å². The third-order valence-corrected chi connectivity index (χ3v) is 4.79. The molecule has 1 fully saturated rings. The molecule has 2 aromatic heterocycles. The predicted octanol–water partition coefficient (Wildman–Crippen LogP) is 2.74. The Labute approximate surface area is 169 Å². The molecular weight excluding hydrogens is 370 g/mol. The Morgan fingerprint density at radius 2 is 1.90 bits per heavy atom. The first-order chi connectivity index (χ1) is 14.2. The molecule has 0 spiro atoms. The number of aromatic nitrogens is 4. The lowest BCUT2D eigenvalue weighted by Gasteiger charge is -2.32. The van der Waals surface area contributed by atoms with Crippen LogP contribution in [-0.4, -0.2) is 56.6 Å². The molecule has 3 aromatic rings. The summed E-state index contributed by atoms with van der Waals surface area (Å²) >= 11 is 0. The monoisotopic (exact) mass is 393 g/mol. The molecule has 1 amide bonds. The molecule has 3 heterocycles. The minimum atomic E-state index is 0.0178. The molecule has 0 atom stereocenters. The topological polar surface area (TPSA) is 82.4 Å². The number of piperidine rings is 1. The van der Waals surface area contributed by atoms with Crippen LogP contribution in [0, 0.1) is 0 Å². The Morgan fingerprint density at radius 1 is 1.10 bits per heavy atom. The summed E-state index contributed by atoms with van der Waals surface area (Å²) in [5, 5.41) is 12.4. The predicted molar refractivity (Wildman–Crippen MR) is 106 cm³/mol. The maximum Gasteiger partial charge on any atom is 0.253 e. The molecule has 1 aliphatic rings. The number of benzene rings is 1. The van der Waals surface area contributed by atoms with Crippen molar-refractivity contribution in [3.05, 3.63) is 60.4 Å². The SMILES string of the molecule is CCOc1ccc(C(=O)N2CCC(Oc3ccc(-n4cccn4)nn3)CC2)cc1. The van der Waals surface area contributed by atoms with Crippen molar-refractivity contribution in [2.45, 2.75) is 25.9 Å². The molecule has 0 N–H and O–H groups in total. The molecule has 0 unspecified atom stereocenters. The number of hydrogen-bond acceptors (Lipinski definition) is 6. The van der Waals surface area contributed by atoms with Crippen molar-refractivity contribution < 1.29 is 14.3 Å². The fourth-order valence-corrected chi connectivity index (χ4v) is 3.29. The number of amides is 1. The quantitative estimate of drug-likeness (QED) is 0.640. The van der Waals surface area contributed by atoms with Crippen molar-refractivity contribution in [2.75, 3.05) is 19.7 Å². The highest BCUT2D eigenvalue weighted by Gasteiger charge is 2.25. The standard InChI is InChI=1S/C21H23N5O3/c1-2-28-17-6-4-16(5-7-17)21(27)25-14-10-18(11-15-25)29-20-9-8-19(23-24-20)26-13-3-12-22-26/h3-9,12-13,18H,2,10-11,14-15H2,1H3. The molecule has 1 aromatic carbocycles. The van der Waals surface area contributed by atoms with Gasteiger partial charge in [-0.15, -0.1) is 10.2 Å². The van der Waals surface area contributed by atoms with Gasteiger partial charge in [-0.25, -0.2) is 4.68 Å². The van der Waals surface area contributed by atoms with Gasteiger partial charge in [0.1, 0.15) is 11.9 Å². The average molecular weight is 393 g/mol. The van der Waals surface area contributed by atoms with E-state index >= 15 is 0 Å². The van der Waals surface area contributed by atoms with Gasteiger partial charge in [0.15, 0.2) is 5.82 Å². The summed E-state index contributed by atoms with van der Waals surface area (Å²) in [4.78, 5) is 14.6. The first-order valence-electron chi connectivity index (χ1n) is 9.75. The number of carbonyl (C=O) groups is 1. The highest BCUT2D eigenvalue weighted by atomic mass is 16.5.